The molecule has 2 N–H and O–H groups in total. The molecule has 138 valence electrons. The highest BCUT2D eigenvalue weighted by Crippen LogP contribution is 2.24. The van der Waals surface area contributed by atoms with Crippen LogP contribution in [-0.4, -0.2) is 52.2 Å². The van der Waals surface area contributed by atoms with Crippen LogP contribution in [0.4, 0.5) is 0 Å². The molecule has 1 fully saturated rings. The minimum atomic E-state index is -1.01. The number of rotatable bonds is 6. The highest BCUT2D eigenvalue weighted by atomic mass is 16.5. The number of carboxylic acid groups (broad SMARTS) is 1. The third kappa shape index (κ3) is 4.68. The molecule has 2 heterocycles. The predicted molar refractivity (Wildman–Crippen MR) is 93.1 cm³/mol. The fourth-order valence-electron chi connectivity index (χ4n) is 2.95. The number of morpholine rings is 1. The molecule has 1 atom stereocenters. The SMILES string of the molecule is Cc1nc([C@H]2CN(Cc3ccccc3OCC(=O)O)CCO2)cc(=O)[nH]1. The van der Waals surface area contributed by atoms with Crippen LogP contribution >= 0.6 is 0 Å². The number of aliphatic carboxylic acids is 1. The van der Waals surface area contributed by atoms with Crippen molar-refractivity contribution in [2.24, 2.45) is 0 Å². The van der Waals surface area contributed by atoms with Crippen molar-refractivity contribution in [3.8, 4) is 5.75 Å². The lowest BCUT2D eigenvalue weighted by Crippen LogP contribution is -2.38. The van der Waals surface area contributed by atoms with E-state index in [0.29, 0.717) is 37.0 Å². The number of hydrogen-bond acceptors (Lipinski definition) is 6. The zero-order valence-electron chi connectivity index (χ0n) is 14.5. The summed E-state index contributed by atoms with van der Waals surface area (Å²) in [5.41, 5.74) is 1.33. The monoisotopic (exact) mass is 359 g/mol. The van der Waals surface area contributed by atoms with Gasteiger partial charge in [0.25, 0.3) is 5.56 Å². The number of aromatic nitrogens is 2. The van der Waals surface area contributed by atoms with Crippen LogP contribution in [0.5, 0.6) is 5.75 Å². The molecule has 2 aromatic rings. The van der Waals surface area contributed by atoms with E-state index in [1.165, 1.54) is 6.07 Å². The van der Waals surface area contributed by atoms with Gasteiger partial charge in [0.2, 0.25) is 0 Å². The van der Waals surface area contributed by atoms with E-state index < -0.39 is 5.97 Å². The Bertz CT molecular complexity index is 836. The van der Waals surface area contributed by atoms with Gasteiger partial charge in [-0.15, -0.1) is 0 Å². The third-order valence-electron chi connectivity index (χ3n) is 4.08. The molecule has 0 spiro atoms. The summed E-state index contributed by atoms with van der Waals surface area (Å²) in [4.78, 5) is 31.6. The molecule has 0 amide bonds. The molecule has 0 aliphatic carbocycles. The van der Waals surface area contributed by atoms with Gasteiger partial charge in [0.1, 0.15) is 17.7 Å². The van der Waals surface area contributed by atoms with E-state index in [0.717, 1.165) is 12.1 Å². The van der Waals surface area contributed by atoms with Crippen LogP contribution in [-0.2, 0) is 16.1 Å². The summed E-state index contributed by atoms with van der Waals surface area (Å²) in [5, 5.41) is 8.81. The number of H-pyrrole nitrogens is 1. The molecule has 1 aromatic heterocycles. The van der Waals surface area contributed by atoms with E-state index in [4.69, 9.17) is 14.6 Å². The van der Waals surface area contributed by atoms with Crippen molar-refractivity contribution in [1.82, 2.24) is 14.9 Å². The largest absolute Gasteiger partial charge is 0.482 e. The zero-order chi connectivity index (χ0) is 18.5. The van der Waals surface area contributed by atoms with Crippen LogP contribution in [0.2, 0.25) is 0 Å². The lowest BCUT2D eigenvalue weighted by atomic mass is 10.1. The first-order chi connectivity index (χ1) is 12.5. The van der Waals surface area contributed by atoms with Gasteiger partial charge in [-0.25, -0.2) is 9.78 Å². The molecule has 8 heteroatoms. The summed E-state index contributed by atoms with van der Waals surface area (Å²) in [5.74, 6) is 0.102. The van der Waals surface area contributed by atoms with E-state index in [1.54, 1.807) is 13.0 Å². The Morgan fingerprint density at radius 3 is 3.04 bits per heavy atom. The van der Waals surface area contributed by atoms with Gasteiger partial charge in [0.15, 0.2) is 6.61 Å². The standard InChI is InChI=1S/C18H21N3O5/c1-12-19-14(8-17(22)20-12)16-10-21(6-7-25-16)9-13-4-2-3-5-15(13)26-11-18(23)24/h2-5,8,16H,6-7,9-11H2,1H3,(H,23,24)(H,19,20,22)/t16-/m1/s1. The smallest absolute Gasteiger partial charge is 0.341 e. The predicted octanol–water partition coefficient (Wildman–Crippen LogP) is 1.12. The Labute approximate surface area is 150 Å². The van der Waals surface area contributed by atoms with Crippen molar-refractivity contribution in [3.63, 3.8) is 0 Å². The van der Waals surface area contributed by atoms with Gasteiger partial charge in [-0.05, 0) is 13.0 Å². The van der Waals surface area contributed by atoms with Crippen LogP contribution in [0, 0.1) is 6.92 Å². The molecule has 26 heavy (non-hydrogen) atoms. The van der Waals surface area contributed by atoms with E-state index in [-0.39, 0.29) is 18.3 Å². The zero-order valence-corrected chi connectivity index (χ0v) is 14.5. The van der Waals surface area contributed by atoms with Crippen molar-refractivity contribution < 1.29 is 19.4 Å². The fourth-order valence-corrected chi connectivity index (χ4v) is 2.95. The molecule has 8 nitrogen and oxygen atoms in total. The maximum atomic E-state index is 11.7. The molecule has 1 saturated heterocycles. The van der Waals surface area contributed by atoms with Crippen molar-refractivity contribution >= 4 is 5.97 Å². The van der Waals surface area contributed by atoms with Crippen LogP contribution in [0.15, 0.2) is 35.1 Å². The number of hydrogen-bond donors (Lipinski definition) is 2. The van der Waals surface area contributed by atoms with Crippen molar-refractivity contribution in [2.45, 2.75) is 19.6 Å². The number of aryl methyl sites for hydroxylation is 1. The van der Waals surface area contributed by atoms with Gasteiger partial charge < -0.3 is 19.6 Å². The minimum Gasteiger partial charge on any atom is -0.482 e. The lowest BCUT2D eigenvalue weighted by Gasteiger charge is -2.33. The lowest BCUT2D eigenvalue weighted by molar-refractivity contribution is -0.139. The Morgan fingerprint density at radius 1 is 1.46 bits per heavy atom. The van der Waals surface area contributed by atoms with E-state index in [2.05, 4.69) is 14.9 Å². The van der Waals surface area contributed by atoms with Crippen LogP contribution in [0.1, 0.15) is 23.2 Å². The number of aromatic amines is 1. The average Bonchev–Trinajstić information content (AvgIpc) is 2.60. The summed E-state index contributed by atoms with van der Waals surface area (Å²) < 4.78 is 11.2. The van der Waals surface area contributed by atoms with Gasteiger partial charge in [-0.3, -0.25) is 9.69 Å². The highest BCUT2D eigenvalue weighted by molar-refractivity contribution is 5.68. The van der Waals surface area contributed by atoms with Crippen molar-refractivity contribution in [2.75, 3.05) is 26.3 Å². The number of para-hydroxylation sites is 1. The third-order valence-corrected chi connectivity index (χ3v) is 4.08. The molecule has 0 saturated carbocycles. The minimum absolute atomic E-state index is 0.194. The van der Waals surface area contributed by atoms with E-state index in [9.17, 15) is 9.59 Å². The number of ether oxygens (including phenoxy) is 2. The van der Waals surface area contributed by atoms with Crippen molar-refractivity contribution in [3.05, 3.63) is 57.8 Å². The van der Waals surface area contributed by atoms with Gasteiger partial charge in [0, 0.05) is 31.3 Å². The number of benzene rings is 1. The van der Waals surface area contributed by atoms with Crippen molar-refractivity contribution in [1.29, 1.82) is 0 Å². The summed E-state index contributed by atoms with van der Waals surface area (Å²) in [6.07, 6.45) is -0.281. The number of nitrogens with zero attached hydrogens (tertiary/aromatic N) is 2. The van der Waals surface area contributed by atoms with Gasteiger partial charge in [-0.1, -0.05) is 18.2 Å². The molecule has 0 unspecified atom stereocenters. The Kier molecular flexibility index (Phi) is 5.65. The normalized spacial score (nSPS) is 17.8. The van der Waals surface area contributed by atoms with Gasteiger partial charge in [-0.2, -0.15) is 0 Å². The first-order valence-electron chi connectivity index (χ1n) is 8.35. The highest BCUT2D eigenvalue weighted by Gasteiger charge is 2.24. The van der Waals surface area contributed by atoms with Crippen LogP contribution in [0.25, 0.3) is 0 Å². The second kappa shape index (κ2) is 8.11. The number of carboxylic acids is 1. The molecule has 1 aliphatic rings. The van der Waals surface area contributed by atoms with Gasteiger partial charge in [0.05, 0.1) is 12.3 Å². The maximum Gasteiger partial charge on any atom is 0.341 e. The summed E-state index contributed by atoms with van der Waals surface area (Å²) in [6.45, 7) is 3.80. The van der Waals surface area contributed by atoms with E-state index >= 15 is 0 Å². The first-order valence-corrected chi connectivity index (χ1v) is 8.35. The average molecular weight is 359 g/mol. The van der Waals surface area contributed by atoms with Crippen LogP contribution in [0.3, 0.4) is 0 Å². The second-order valence-corrected chi connectivity index (χ2v) is 6.14. The number of carbonyl (C=O) groups is 1. The Hall–Kier alpha value is -2.71. The second-order valence-electron chi connectivity index (χ2n) is 6.14. The summed E-state index contributed by atoms with van der Waals surface area (Å²) in [7, 11) is 0. The molecule has 3 rings (SSSR count). The summed E-state index contributed by atoms with van der Waals surface area (Å²) in [6, 6.07) is 8.84. The Morgan fingerprint density at radius 2 is 2.27 bits per heavy atom. The number of nitrogens with one attached hydrogen (secondary N) is 1. The fraction of sp³-hybridized carbons (Fsp3) is 0.389. The Balaban J connectivity index is 1.71. The summed E-state index contributed by atoms with van der Waals surface area (Å²) >= 11 is 0. The maximum absolute atomic E-state index is 11.7. The van der Waals surface area contributed by atoms with E-state index in [1.807, 2.05) is 18.2 Å². The van der Waals surface area contributed by atoms with Crippen LogP contribution < -0.4 is 10.3 Å². The quantitative estimate of drug-likeness (QED) is 0.796. The topological polar surface area (TPSA) is 105 Å². The van der Waals surface area contributed by atoms with Gasteiger partial charge >= 0.3 is 5.97 Å². The first kappa shape index (κ1) is 18.1. The molecule has 1 aliphatic heterocycles. The molecular weight excluding hydrogens is 338 g/mol. The molecule has 1 aromatic carbocycles. The molecular formula is C18H21N3O5. The molecule has 0 bridgehead atoms. The molecule has 0 radical (unpaired) electrons.